The number of aliphatic hydroxyl groups is 1. The monoisotopic (exact) mass is 363 g/mol. The lowest BCUT2D eigenvalue weighted by Gasteiger charge is -2.35. The van der Waals surface area contributed by atoms with Crippen molar-refractivity contribution >= 4 is 26.0 Å². The molecule has 1 fully saturated rings. The summed E-state index contributed by atoms with van der Waals surface area (Å²) >= 11 is 3.28. The van der Waals surface area contributed by atoms with Gasteiger partial charge in [0.05, 0.1) is 24.2 Å². The zero-order valence-corrected chi connectivity index (χ0v) is 13.8. The molecule has 1 aromatic rings. The maximum Gasteiger partial charge on any atom is 0.244 e. The van der Waals surface area contributed by atoms with Crippen LogP contribution in [0.25, 0.3) is 0 Å². The standard InChI is InChI=1S/C13H18BrNO4S/c1-9-8-19-10(2)6-15(9)20(17,18)13-4-3-11(7-16)5-12(13)14/h3-5,9-10,16H,6-8H2,1-2H3. The van der Waals surface area contributed by atoms with Crippen molar-refractivity contribution in [3.05, 3.63) is 28.2 Å². The summed E-state index contributed by atoms with van der Waals surface area (Å²) in [6, 6.07) is 4.58. The average molecular weight is 364 g/mol. The molecule has 2 unspecified atom stereocenters. The Morgan fingerprint density at radius 2 is 2.15 bits per heavy atom. The SMILES string of the molecule is CC1CN(S(=O)(=O)c2ccc(CO)cc2Br)C(C)CO1. The summed E-state index contributed by atoms with van der Waals surface area (Å²) in [5.41, 5.74) is 0.666. The number of halogens is 1. The summed E-state index contributed by atoms with van der Waals surface area (Å²) in [5, 5.41) is 9.08. The van der Waals surface area contributed by atoms with E-state index in [-0.39, 0.29) is 23.6 Å². The number of hydrogen-bond donors (Lipinski definition) is 1. The molecule has 1 N–H and O–H groups in total. The van der Waals surface area contributed by atoms with Gasteiger partial charge in [-0.15, -0.1) is 0 Å². The fourth-order valence-corrected chi connectivity index (χ4v) is 4.96. The number of ether oxygens (including phenoxy) is 1. The van der Waals surface area contributed by atoms with Gasteiger partial charge < -0.3 is 9.84 Å². The van der Waals surface area contributed by atoms with Crippen molar-refractivity contribution in [2.24, 2.45) is 0 Å². The fraction of sp³-hybridized carbons (Fsp3) is 0.538. The van der Waals surface area contributed by atoms with Crippen molar-refractivity contribution in [1.82, 2.24) is 4.31 Å². The Kier molecular flexibility index (Phi) is 4.86. The summed E-state index contributed by atoms with van der Waals surface area (Å²) in [6.07, 6.45) is -0.114. The number of sulfonamides is 1. The normalized spacial score (nSPS) is 24.8. The van der Waals surface area contributed by atoms with E-state index in [0.29, 0.717) is 23.2 Å². The largest absolute Gasteiger partial charge is 0.392 e. The van der Waals surface area contributed by atoms with Crippen molar-refractivity contribution in [3.8, 4) is 0 Å². The molecular weight excluding hydrogens is 346 g/mol. The van der Waals surface area contributed by atoms with Crippen molar-refractivity contribution in [2.45, 2.75) is 37.5 Å². The third-order valence-electron chi connectivity index (χ3n) is 3.32. The molecule has 0 saturated carbocycles. The van der Waals surface area contributed by atoms with Gasteiger partial charge in [0.25, 0.3) is 0 Å². The minimum atomic E-state index is -3.57. The minimum Gasteiger partial charge on any atom is -0.392 e. The molecule has 1 saturated heterocycles. The Balaban J connectivity index is 2.39. The van der Waals surface area contributed by atoms with Crippen LogP contribution in [0.4, 0.5) is 0 Å². The van der Waals surface area contributed by atoms with Crippen molar-refractivity contribution in [2.75, 3.05) is 13.2 Å². The summed E-state index contributed by atoms with van der Waals surface area (Å²) < 4.78 is 32.9. The van der Waals surface area contributed by atoms with E-state index in [4.69, 9.17) is 9.84 Å². The van der Waals surface area contributed by atoms with Crippen LogP contribution in [0.3, 0.4) is 0 Å². The molecule has 0 aliphatic carbocycles. The Morgan fingerprint density at radius 3 is 2.75 bits per heavy atom. The molecular formula is C13H18BrNO4S. The van der Waals surface area contributed by atoms with E-state index >= 15 is 0 Å². The van der Waals surface area contributed by atoms with E-state index in [1.54, 1.807) is 12.1 Å². The molecule has 5 nitrogen and oxygen atoms in total. The predicted molar refractivity (Wildman–Crippen MR) is 78.8 cm³/mol. The molecule has 0 spiro atoms. The highest BCUT2D eigenvalue weighted by molar-refractivity contribution is 9.10. The maximum atomic E-state index is 12.7. The van der Waals surface area contributed by atoms with Gasteiger partial charge in [0.2, 0.25) is 10.0 Å². The van der Waals surface area contributed by atoms with Gasteiger partial charge in [-0.1, -0.05) is 6.07 Å². The first-order valence-electron chi connectivity index (χ1n) is 6.39. The number of rotatable bonds is 3. The fourth-order valence-electron chi connectivity index (χ4n) is 2.19. The average Bonchev–Trinajstić information content (AvgIpc) is 2.40. The highest BCUT2D eigenvalue weighted by Crippen LogP contribution is 2.29. The summed E-state index contributed by atoms with van der Waals surface area (Å²) in [7, 11) is -3.57. The second-order valence-electron chi connectivity index (χ2n) is 4.99. The first-order chi connectivity index (χ1) is 9.36. The third kappa shape index (κ3) is 3.07. The molecule has 0 amide bonds. The molecule has 0 aromatic heterocycles. The van der Waals surface area contributed by atoms with Crippen LogP contribution in [0.5, 0.6) is 0 Å². The first kappa shape index (κ1) is 15.9. The van der Waals surface area contributed by atoms with E-state index in [0.717, 1.165) is 0 Å². The van der Waals surface area contributed by atoms with E-state index in [1.165, 1.54) is 10.4 Å². The molecule has 1 aliphatic heterocycles. The predicted octanol–water partition coefficient (Wildman–Crippen LogP) is 1.74. The van der Waals surface area contributed by atoms with Gasteiger partial charge in [0.15, 0.2) is 0 Å². The number of nitrogens with zero attached hydrogens (tertiary/aromatic N) is 1. The van der Waals surface area contributed by atoms with Crippen LogP contribution >= 0.6 is 15.9 Å². The van der Waals surface area contributed by atoms with Gasteiger partial charge in [-0.3, -0.25) is 0 Å². The Morgan fingerprint density at radius 1 is 1.45 bits per heavy atom. The van der Waals surface area contributed by atoms with Crippen LogP contribution in [0, 0.1) is 0 Å². The molecule has 2 rings (SSSR count). The van der Waals surface area contributed by atoms with Crippen LogP contribution in [-0.4, -0.2) is 43.1 Å². The molecule has 20 heavy (non-hydrogen) atoms. The zero-order valence-electron chi connectivity index (χ0n) is 11.4. The number of aliphatic hydroxyl groups excluding tert-OH is 1. The first-order valence-corrected chi connectivity index (χ1v) is 8.62. The molecule has 112 valence electrons. The molecule has 0 radical (unpaired) electrons. The maximum absolute atomic E-state index is 12.7. The smallest absolute Gasteiger partial charge is 0.244 e. The third-order valence-corrected chi connectivity index (χ3v) is 6.27. The van der Waals surface area contributed by atoms with Crippen molar-refractivity contribution < 1.29 is 18.3 Å². The topological polar surface area (TPSA) is 66.8 Å². The second kappa shape index (κ2) is 6.11. The summed E-state index contributed by atoms with van der Waals surface area (Å²) in [5.74, 6) is 0. The minimum absolute atomic E-state index is 0.114. The van der Waals surface area contributed by atoms with Crippen LogP contribution in [0.2, 0.25) is 0 Å². The number of benzene rings is 1. The molecule has 0 bridgehead atoms. The molecule has 7 heteroatoms. The number of hydrogen-bond acceptors (Lipinski definition) is 4. The lowest BCUT2D eigenvalue weighted by Crippen LogP contribution is -2.50. The highest BCUT2D eigenvalue weighted by atomic mass is 79.9. The van der Waals surface area contributed by atoms with Crippen molar-refractivity contribution in [3.63, 3.8) is 0 Å². The lowest BCUT2D eigenvalue weighted by molar-refractivity contribution is -0.0170. The zero-order chi connectivity index (χ0) is 14.9. The molecule has 1 aliphatic rings. The van der Waals surface area contributed by atoms with Gasteiger partial charge in [0, 0.05) is 17.1 Å². The highest BCUT2D eigenvalue weighted by Gasteiger charge is 2.35. The van der Waals surface area contributed by atoms with Gasteiger partial charge in [-0.25, -0.2) is 8.42 Å². The summed E-state index contributed by atoms with van der Waals surface area (Å²) in [6.45, 7) is 4.31. The second-order valence-corrected chi connectivity index (χ2v) is 7.70. The van der Waals surface area contributed by atoms with E-state index in [9.17, 15) is 8.42 Å². The van der Waals surface area contributed by atoms with Crippen LogP contribution in [-0.2, 0) is 21.4 Å². The quantitative estimate of drug-likeness (QED) is 0.887. The van der Waals surface area contributed by atoms with E-state index < -0.39 is 10.0 Å². The van der Waals surface area contributed by atoms with Crippen LogP contribution in [0.15, 0.2) is 27.6 Å². The van der Waals surface area contributed by atoms with E-state index in [1.807, 2.05) is 13.8 Å². The van der Waals surface area contributed by atoms with Crippen molar-refractivity contribution in [1.29, 1.82) is 0 Å². The number of morpholine rings is 1. The van der Waals surface area contributed by atoms with E-state index in [2.05, 4.69) is 15.9 Å². The van der Waals surface area contributed by atoms with Gasteiger partial charge >= 0.3 is 0 Å². The Labute approximate surface area is 127 Å². The van der Waals surface area contributed by atoms with Gasteiger partial charge in [-0.05, 0) is 47.5 Å². The molecule has 1 heterocycles. The Bertz CT molecular complexity index is 590. The molecule has 1 aromatic carbocycles. The van der Waals surface area contributed by atoms with Crippen LogP contribution in [0.1, 0.15) is 19.4 Å². The Hall–Kier alpha value is -0.470. The lowest BCUT2D eigenvalue weighted by atomic mass is 10.2. The van der Waals surface area contributed by atoms with Gasteiger partial charge in [0.1, 0.15) is 0 Å². The van der Waals surface area contributed by atoms with Crippen LogP contribution < -0.4 is 0 Å². The molecule has 2 atom stereocenters. The summed E-state index contributed by atoms with van der Waals surface area (Å²) in [4.78, 5) is 0.218. The van der Waals surface area contributed by atoms with Gasteiger partial charge in [-0.2, -0.15) is 4.31 Å².